The van der Waals surface area contributed by atoms with Gasteiger partial charge >= 0.3 is 0 Å². The van der Waals surface area contributed by atoms with E-state index >= 15 is 0 Å². The largest absolute Gasteiger partial charge is 0.491 e. The Morgan fingerprint density at radius 1 is 0.906 bits per heavy atom. The van der Waals surface area contributed by atoms with Crippen LogP contribution in [0.2, 0.25) is 0 Å². The van der Waals surface area contributed by atoms with E-state index in [9.17, 15) is 13.2 Å². The monoisotopic (exact) mass is 452 g/mol. The number of hydrogen-bond acceptors (Lipinski definition) is 4. The van der Waals surface area contributed by atoms with E-state index in [0.717, 1.165) is 22.4 Å². The van der Waals surface area contributed by atoms with Crippen LogP contribution in [0.25, 0.3) is 0 Å². The van der Waals surface area contributed by atoms with E-state index in [4.69, 9.17) is 4.74 Å². The lowest BCUT2D eigenvalue weighted by Crippen LogP contribution is -2.28. The van der Waals surface area contributed by atoms with E-state index < -0.39 is 10.0 Å². The number of aryl methyl sites for hydroxylation is 3. The lowest BCUT2D eigenvalue weighted by atomic mass is 10.1. The van der Waals surface area contributed by atoms with Crippen LogP contribution in [0.5, 0.6) is 5.75 Å². The molecule has 0 atom stereocenters. The minimum absolute atomic E-state index is 0.188. The number of rotatable bonds is 8. The minimum atomic E-state index is -3.70. The number of sulfonamides is 1. The molecule has 3 aromatic carbocycles. The summed E-state index contributed by atoms with van der Waals surface area (Å²) in [7, 11) is -3.70. The van der Waals surface area contributed by atoms with Crippen molar-refractivity contribution < 1.29 is 17.9 Å². The van der Waals surface area contributed by atoms with Crippen molar-refractivity contribution in [2.24, 2.45) is 0 Å². The molecule has 168 valence electrons. The molecule has 0 aliphatic carbocycles. The molecule has 0 aliphatic heterocycles. The highest BCUT2D eigenvalue weighted by atomic mass is 32.2. The minimum Gasteiger partial charge on any atom is -0.491 e. The summed E-state index contributed by atoms with van der Waals surface area (Å²) < 4.78 is 33.6. The summed E-state index contributed by atoms with van der Waals surface area (Å²) in [6, 6.07) is 17.4. The second-order valence-corrected chi connectivity index (χ2v) is 9.43. The van der Waals surface area contributed by atoms with Crippen LogP contribution < -0.4 is 14.8 Å². The molecule has 0 bridgehead atoms. The van der Waals surface area contributed by atoms with Gasteiger partial charge in [-0.25, -0.2) is 8.42 Å². The van der Waals surface area contributed by atoms with E-state index in [1.807, 2.05) is 39.0 Å². The molecule has 0 fully saturated rings. The SMILES string of the molecule is Cc1ccc(S(=O)(=O)Nc2ccc(C(=O)NCCOc3cccc(C)c3C)cc2C)cc1. The second-order valence-electron chi connectivity index (χ2n) is 7.75. The van der Waals surface area contributed by atoms with Gasteiger partial charge in [0.2, 0.25) is 0 Å². The van der Waals surface area contributed by atoms with Gasteiger partial charge in [-0.1, -0.05) is 29.8 Å². The Balaban J connectivity index is 1.58. The van der Waals surface area contributed by atoms with Gasteiger partial charge in [-0.15, -0.1) is 0 Å². The van der Waals surface area contributed by atoms with Gasteiger partial charge in [-0.3, -0.25) is 9.52 Å². The zero-order chi connectivity index (χ0) is 23.3. The molecule has 0 spiro atoms. The Morgan fingerprint density at radius 2 is 1.62 bits per heavy atom. The molecule has 0 saturated carbocycles. The van der Waals surface area contributed by atoms with Crippen molar-refractivity contribution in [2.45, 2.75) is 32.6 Å². The first-order chi connectivity index (χ1) is 15.2. The van der Waals surface area contributed by atoms with Gasteiger partial charge in [0, 0.05) is 5.56 Å². The highest BCUT2D eigenvalue weighted by Crippen LogP contribution is 2.22. The van der Waals surface area contributed by atoms with Crippen molar-refractivity contribution in [3.63, 3.8) is 0 Å². The Kier molecular flexibility index (Phi) is 7.20. The molecule has 1 amide bonds. The summed E-state index contributed by atoms with van der Waals surface area (Å²) in [5, 5.41) is 2.83. The first-order valence-electron chi connectivity index (χ1n) is 10.3. The highest BCUT2D eigenvalue weighted by Gasteiger charge is 2.16. The molecule has 0 heterocycles. The lowest BCUT2D eigenvalue weighted by molar-refractivity contribution is 0.0947. The van der Waals surface area contributed by atoms with Gasteiger partial charge in [0.15, 0.2) is 0 Å². The van der Waals surface area contributed by atoms with Gasteiger partial charge in [0.1, 0.15) is 12.4 Å². The quantitative estimate of drug-likeness (QED) is 0.492. The first-order valence-corrected chi connectivity index (χ1v) is 11.8. The molecule has 7 heteroatoms. The Morgan fingerprint density at radius 3 is 2.31 bits per heavy atom. The fourth-order valence-electron chi connectivity index (χ4n) is 3.15. The Hall–Kier alpha value is -3.32. The maximum Gasteiger partial charge on any atom is 0.261 e. The molecule has 0 radical (unpaired) electrons. The topological polar surface area (TPSA) is 84.5 Å². The third kappa shape index (κ3) is 5.68. The van der Waals surface area contributed by atoms with Gasteiger partial charge in [-0.2, -0.15) is 0 Å². The van der Waals surface area contributed by atoms with E-state index in [-0.39, 0.29) is 10.8 Å². The predicted octanol–water partition coefficient (Wildman–Crippen LogP) is 4.53. The highest BCUT2D eigenvalue weighted by molar-refractivity contribution is 7.92. The number of amides is 1. The number of carbonyl (C=O) groups excluding carboxylic acids is 1. The molecular formula is C25H28N2O4S. The summed E-state index contributed by atoms with van der Waals surface area (Å²) in [5.41, 5.74) is 4.75. The average molecular weight is 453 g/mol. The van der Waals surface area contributed by atoms with Crippen LogP contribution >= 0.6 is 0 Å². The third-order valence-corrected chi connectivity index (χ3v) is 6.65. The van der Waals surface area contributed by atoms with Crippen LogP contribution in [0.4, 0.5) is 5.69 Å². The summed E-state index contributed by atoms with van der Waals surface area (Å²) in [6.45, 7) is 8.38. The lowest BCUT2D eigenvalue weighted by Gasteiger charge is -2.13. The summed E-state index contributed by atoms with van der Waals surface area (Å²) in [6.07, 6.45) is 0. The maximum absolute atomic E-state index is 12.6. The number of benzene rings is 3. The number of nitrogens with one attached hydrogen (secondary N) is 2. The summed E-state index contributed by atoms with van der Waals surface area (Å²) >= 11 is 0. The van der Waals surface area contributed by atoms with Crippen molar-refractivity contribution in [3.05, 3.63) is 88.5 Å². The number of anilines is 1. The normalized spacial score (nSPS) is 11.1. The first kappa shape index (κ1) is 23.3. The Labute approximate surface area is 189 Å². The fourth-order valence-corrected chi connectivity index (χ4v) is 4.28. The molecule has 0 unspecified atom stereocenters. The van der Waals surface area contributed by atoms with Gasteiger partial charge in [-0.05, 0) is 80.8 Å². The average Bonchev–Trinajstić information content (AvgIpc) is 2.75. The molecule has 0 aliphatic rings. The fraction of sp³-hybridized carbons (Fsp3) is 0.240. The van der Waals surface area contributed by atoms with Crippen LogP contribution in [0.3, 0.4) is 0 Å². The van der Waals surface area contributed by atoms with Crippen molar-refractivity contribution in [3.8, 4) is 5.75 Å². The van der Waals surface area contributed by atoms with Crippen LogP contribution in [0.1, 0.15) is 32.6 Å². The molecule has 2 N–H and O–H groups in total. The number of ether oxygens (including phenoxy) is 1. The van der Waals surface area contributed by atoms with Crippen molar-refractivity contribution in [2.75, 3.05) is 17.9 Å². The van der Waals surface area contributed by atoms with Gasteiger partial charge < -0.3 is 10.1 Å². The molecular weight excluding hydrogens is 424 g/mol. The van der Waals surface area contributed by atoms with Crippen molar-refractivity contribution in [1.82, 2.24) is 5.32 Å². The zero-order valence-corrected chi connectivity index (χ0v) is 19.5. The standard InChI is InChI=1S/C25H28N2O4S/c1-17-8-11-22(12-9-17)32(29,30)27-23-13-10-21(16-19(23)3)25(28)26-14-15-31-24-7-5-6-18(2)20(24)4/h5-13,16,27H,14-15H2,1-4H3,(H,26,28). The Bertz CT molecular complexity index is 1220. The van der Waals surface area contributed by atoms with Gasteiger partial charge in [0.05, 0.1) is 17.1 Å². The molecule has 6 nitrogen and oxygen atoms in total. The van der Waals surface area contributed by atoms with Gasteiger partial charge in [0.25, 0.3) is 15.9 Å². The summed E-state index contributed by atoms with van der Waals surface area (Å²) in [4.78, 5) is 12.7. The zero-order valence-electron chi connectivity index (χ0n) is 18.7. The molecule has 3 rings (SSSR count). The third-order valence-electron chi connectivity index (χ3n) is 5.26. The molecule has 3 aromatic rings. The summed E-state index contributed by atoms with van der Waals surface area (Å²) in [5.74, 6) is 0.561. The van der Waals surface area contributed by atoms with E-state index in [2.05, 4.69) is 10.0 Å². The van der Waals surface area contributed by atoms with Crippen LogP contribution in [-0.2, 0) is 10.0 Å². The van der Waals surface area contributed by atoms with Crippen LogP contribution in [0, 0.1) is 27.7 Å². The van der Waals surface area contributed by atoms with E-state index in [1.54, 1.807) is 49.4 Å². The molecule has 32 heavy (non-hydrogen) atoms. The van der Waals surface area contributed by atoms with E-state index in [0.29, 0.717) is 30.0 Å². The second kappa shape index (κ2) is 9.87. The predicted molar refractivity (Wildman–Crippen MR) is 127 cm³/mol. The number of carbonyl (C=O) groups is 1. The van der Waals surface area contributed by atoms with Crippen molar-refractivity contribution in [1.29, 1.82) is 0 Å². The van der Waals surface area contributed by atoms with Crippen LogP contribution in [0.15, 0.2) is 65.6 Å². The van der Waals surface area contributed by atoms with E-state index in [1.165, 1.54) is 0 Å². The smallest absolute Gasteiger partial charge is 0.261 e. The molecule has 0 saturated heterocycles. The molecule has 0 aromatic heterocycles. The van der Waals surface area contributed by atoms with Crippen molar-refractivity contribution >= 4 is 21.6 Å². The maximum atomic E-state index is 12.6. The van der Waals surface area contributed by atoms with Crippen LogP contribution in [-0.4, -0.2) is 27.5 Å². The number of hydrogen-bond donors (Lipinski definition) is 2.